The molecule has 0 aliphatic carbocycles. The highest BCUT2D eigenvalue weighted by molar-refractivity contribution is 5.41. The Kier molecular flexibility index (Phi) is 6.03. The smallest absolute Gasteiger partial charge is 0.0896 e. The fraction of sp³-hybridized carbons (Fsp3) is 0.857. The molecule has 0 aliphatic heterocycles. The highest BCUT2D eigenvalue weighted by atomic mass is 16.5. The lowest BCUT2D eigenvalue weighted by molar-refractivity contribution is 0.208. The third kappa shape index (κ3) is 7.34. The minimum atomic E-state index is 0.284. The van der Waals surface area contributed by atoms with E-state index in [0.29, 0.717) is 13.2 Å². The van der Waals surface area contributed by atoms with E-state index >= 15 is 0 Å². The molecular formula is C7H14N2O. The normalized spacial score (nSPS) is 9.20. The van der Waals surface area contributed by atoms with Crippen molar-refractivity contribution >= 4 is 6.01 Å². The summed E-state index contributed by atoms with van der Waals surface area (Å²) in [5.41, 5.74) is 0. The maximum Gasteiger partial charge on any atom is 0.0896 e. The van der Waals surface area contributed by atoms with Crippen molar-refractivity contribution in [2.75, 3.05) is 20.3 Å². The maximum absolute atomic E-state index is 4.77. The van der Waals surface area contributed by atoms with Gasteiger partial charge in [0.25, 0.3) is 0 Å². The van der Waals surface area contributed by atoms with Crippen LogP contribution in [0.15, 0.2) is 9.98 Å². The zero-order chi connectivity index (χ0) is 7.82. The van der Waals surface area contributed by atoms with E-state index < -0.39 is 0 Å². The molecule has 3 heteroatoms. The van der Waals surface area contributed by atoms with Gasteiger partial charge in [0, 0.05) is 7.11 Å². The number of hydrogen-bond acceptors (Lipinski definition) is 3. The van der Waals surface area contributed by atoms with E-state index in [9.17, 15) is 0 Å². The summed E-state index contributed by atoms with van der Waals surface area (Å²) in [7, 11) is 1.65. The summed E-state index contributed by atoms with van der Waals surface area (Å²) in [4.78, 5) is 7.78. The van der Waals surface area contributed by atoms with E-state index in [2.05, 4.69) is 16.0 Å². The van der Waals surface area contributed by atoms with Gasteiger partial charge in [-0.3, -0.25) is 0 Å². The van der Waals surface area contributed by atoms with E-state index in [-0.39, 0.29) is 6.04 Å². The van der Waals surface area contributed by atoms with Crippen LogP contribution in [0.25, 0.3) is 0 Å². The molecule has 0 radical (unpaired) electrons. The van der Waals surface area contributed by atoms with E-state index in [1.165, 1.54) is 0 Å². The Morgan fingerprint density at radius 1 is 1.50 bits per heavy atom. The first-order valence-electron chi connectivity index (χ1n) is 3.37. The molecule has 0 atom stereocenters. The molecule has 0 saturated carbocycles. The van der Waals surface area contributed by atoms with E-state index in [4.69, 9.17) is 4.74 Å². The van der Waals surface area contributed by atoms with Gasteiger partial charge in [-0.25, -0.2) is 9.98 Å². The van der Waals surface area contributed by atoms with Crippen LogP contribution in [0, 0.1) is 0 Å². The number of rotatable bonds is 4. The fourth-order valence-corrected chi connectivity index (χ4v) is 0.343. The third-order valence-corrected chi connectivity index (χ3v) is 0.794. The first kappa shape index (κ1) is 9.34. The van der Waals surface area contributed by atoms with Gasteiger partial charge in [0.1, 0.15) is 0 Å². The molecule has 0 rings (SSSR count). The monoisotopic (exact) mass is 142 g/mol. The molecule has 3 nitrogen and oxygen atoms in total. The van der Waals surface area contributed by atoms with Crippen molar-refractivity contribution in [3.8, 4) is 0 Å². The molecule has 0 fully saturated rings. The van der Waals surface area contributed by atoms with Gasteiger partial charge in [0.05, 0.1) is 25.2 Å². The number of nitrogens with zero attached hydrogens (tertiary/aromatic N) is 2. The molecule has 0 aliphatic rings. The van der Waals surface area contributed by atoms with Gasteiger partial charge in [-0.1, -0.05) is 0 Å². The minimum absolute atomic E-state index is 0.284. The SMILES string of the molecule is COCCN=C=NC(C)C. The quantitative estimate of drug-likeness (QED) is 0.429. The van der Waals surface area contributed by atoms with Gasteiger partial charge in [0.15, 0.2) is 0 Å². The summed E-state index contributed by atoms with van der Waals surface area (Å²) >= 11 is 0. The summed E-state index contributed by atoms with van der Waals surface area (Å²) < 4.78 is 4.77. The summed E-state index contributed by atoms with van der Waals surface area (Å²) in [6.45, 7) is 5.25. The van der Waals surface area contributed by atoms with Gasteiger partial charge < -0.3 is 4.74 Å². The largest absolute Gasteiger partial charge is 0.383 e. The number of aliphatic imine (C=N–C) groups is 2. The second kappa shape index (κ2) is 6.46. The lowest BCUT2D eigenvalue weighted by Crippen LogP contribution is -1.92. The Balaban J connectivity index is 3.35. The Labute approximate surface area is 61.8 Å². The Hall–Kier alpha value is -0.660. The van der Waals surface area contributed by atoms with Gasteiger partial charge in [-0.2, -0.15) is 0 Å². The van der Waals surface area contributed by atoms with Crippen LogP contribution in [0.4, 0.5) is 0 Å². The Morgan fingerprint density at radius 2 is 2.20 bits per heavy atom. The predicted molar refractivity (Wildman–Crippen MR) is 41.7 cm³/mol. The highest BCUT2D eigenvalue weighted by Gasteiger charge is 1.80. The van der Waals surface area contributed by atoms with Crippen LogP contribution in [0.5, 0.6) is 0 Å². The van der Waals surface area contributed by atoms with Crippen molar-refractivity contribution < 1.29 is 4.74 Å². The van der Waals surface area contributed by atoms with Crippen LogP contribution in [-0.2, 0) is 4.74 Å². The first-order valence-corrected chi connectivity index (χ1v) is 3.37. The van der Waals surface area contributed by atoms with Crippen molar-refractivity contribution in [2.24, 2.45) is 9.98 Å². The molecule has 0 N–H and O–H groups in total. The molecule has 10 heavy (non-hydrogen) atoms. The fourth-order valence-electron chi connectivity index (χ4n) is 0.343. The van der Waals surface area contributed by atoms with Crippen LogP contribution < -0.4 is 0 Å². The number of methoxy groups -OCH3 is 1. The number of hydrogen-bond donors (Lipinski definition) is 0. The molecule has 0 amide bonds. The molecule has 0 aromatic carbocycles. The third-order valence-electron chi connectivity index (χ3n) is 0.794. The van der Waals surface area contributed by atoms with Gasteiger partial charge in [-0.05, 0) is 13.8 Å². The highest BCUT2D eigenvalue weighted by Crippen LogP contribution is 1.80. The van der Waals surface area contributed by atoms with Gasteiger partial charge >= 0.3 is 0 Å². The van der Waals surface area contributed by atoms with Crippen molar-refractivity contribution in [1.29, 1.82) is 0 Å². The molecule has 0 unspecified atom stereocenters. The van der Waals surface area contributed by atoms with E-state index in [1.54, 1.807) is 7.11 Å². The average molecular weight is 142 g/mol. The summed E-state index contributed by atoms with van der Waals surface area (Å²) in [5.74, 6) is 0. The molecule has 0 aromatic rings. The maximum atomic E-state index is 4.77. The standard InChI is InChI=1S/C7H14N2O/c1-7(2)9-6-8-4-5-10-3/h7H,4-5H2,1-3H3. The minimum Gasteiger partial charge on any atom is -0.383 e. The van der Waals surface area contributed by atoms with Crippen LogP contribution in [0.3, 0.4) is 0 Å². The lowest BCUT2D eigenvalue weighted by Gasteiger charge is -1.88. The average Bonchev–Trinajstić information content (AvgIpc) is 1.87. The van der Waals surface area contributed by atoms with Crippen LogP contribution in [0.2, 0.25) is 0 Å². The molecule has 0 spiro atoms. The topological polar surface area (TPSA) is 34.0 Å². The van der Waals surface area contributed by atoms with Crippen LogP contribution in [0.1, 0.15) is 13.8 Å². The molecule has 0 saturated heterocycles. The second-order valence-electron chi connectivity index (χ2n) is 2.20. The van der Waals surface area contributed by atoms with Crippen molar-refractivity contribution in [2.45, 2.75) is 19.9 Å². The molecule has 0 bridgehead atoms. The molecule has 0 heterocycles. The lowest BCUT2D eigenvalue weighted by atomic mass is 10.4. The molecular weight excluding hydrogens is 128 g/mol. The van der Waals surface area contributed by atoms with Gasteiger partial charge in [-0.15, -0.1) is 0 Å². The molecule has 58 valence electrons. The van der Waals surface area contributed by atoms with Crippen LogP contribution in [-0.4, -0.2) is 32.3 Å². The van der Waals surface area contributed by atoms with Gasteiger partial charge in [0.2, 0.25) is 0 Å². The van der Waals surface area contributed by atoms with Crippen molar-refractivity contribution in [3.05, 3.63) is 0 Å². The van der Waals surface area contributed by atoms with E-state index in [0.717, 1.165) is 0 Å². The van der Waals surface area contributed by atoms with Crippen molar-refractivity contribution in [3.63, 3.8) is 0 Å². The first-order chi connectivity index (χ1) is 4.77. The second-order valence-corrected chi connectivity index (χ2v) is 2.20. The van der Waals surface area contributed by atoms with Crippen molar-refractivity contribution in [1.82, 2.24) is 0 Å². The Bertz CT molecular complexity index is 126. The summed E-state index contributed by atoms with van der Waals surface area (Å²) in [5, 5.41) is 0. The number of ether oxygens (including phenoxy) is 1. The van der Waals surface area contributed by atoms with E-state index in [1.807, 2.05) is 13.8 Å². The molecule has 0 aromatic heterocycles. The summed E-state index contributed by atoms with van der Waals surface area (Å²) in [6, 6.07) is 2.87. The zero-order valence-corrected chi connectivity index (χ0v) is 6.79. The van der Waals surface area contributed by atoms with Crippen LogP contribution >= 0.6 is 0 Å². The predicted octanol–water partition coefficient (Wildman–Crippen LogP) is 1.22. The zero-order valence-electron chi connectivity index (χ0n) is 6.79. The Morgan fingerprint density at radius 3 is 2.70 bits per heavy atom. The summed E-state index contributed by atoms with van der Waals surface area (Å²) in [6.07, 6.45) is 0.